The van der Waals surface area contributed by atoms with E-state index in [2.05, 4.69) is 10.6 Å². The van der Waals surface area contributed by atoms with Crippen molar-refractivity contribution < 1.29 is 13.6 Å². The predicted molar refractivity (Wildman–Crippen MR) is 75.2 cm³/mol. The molecule has 0 saturated heterocycles. The van der Waals surface area contributed by atoms with E-state index >= 15 is 0 Å². The van der Waals surface area contributed by atoms with Gasteiger partial charge in [0.25, 0.3) is 0 Å². The van der Waals surface area contributed by atoms with E-state index < -0.39 is 17.7 Å². The van der Waals surface area contributed by atoms with Crippen LogP contribution in [0.3, 0.4) is 0 Å². The smallest absolute Gasteiger partial charge is 0.307 e. The Morgan fingerprint density at radius 2 is 1.65 bits per heavy atom. The molecule has 6 heteroatoms. The first-order chi connectivity index (χ1) is 9.49. The molecule has 0 unspecified atom stereocenters. The molecule has 2 aromatic rings. The molecule has 2 rings (SSSR count). The van der Waals surface area contributed by atoms with E-state index in [1.54, 1.807) is 6.07 Å². The van der Waals surface area contributed by atoms with E-state index in [4.69, 9.17) is 11.6 Å². The van der Waals surface area contributed by atoms with Crippen LogP contribution >= 0.6 is 11.6 Å². The maximum atomic E-state index is 13.6. The number of nitrogens with one attached hydrogen (secondary N) is 2. The third-order valence-corrected chi connectivity index (χ3v) is 3.01. The third-order valence-electron chi connectivity index (χ3n) is 2.72. The first-order valence-corrected chi connectivity index (χ1v) is 6.14. The van der Waals surface area contributed by atoms with E-state index in [-0.39, 0.29) is 10.7 Å². The van der Waals surface area contributed by atoms with Gasteiger partial charge < -0.3 is 10.6 Å². The average Bonchev–Trinajstić information content (AvgIpc) is 2.40. The molecule has 0 atom stereocenters. The van der Waals surface area contributed by atoms with Crippen LogP contribution in [0.4, 0.5) is 25.0 Å². The normalized spacial score (nSPS) is 10.2. The number of benzene rings is 2. The van der Waals surface area contributed by atoms with Crippen molar-refractivity contribution in [2.75, 3.05) is 10.6 Å². The van der Waals surface area contributed by atoms with Gasteiger partial charge in [0.05, 0.1) is 10.7 Å². The number of carbonyl (C=O) groups is 1. The van der Waals surface area contributed by atoms with E-state index in [1.165, 1.54) is 37.3 Å². The summed E-state index contributed by atoms with van der Waals surface area (Å²) in [4.78, 5) is 11.8. The van der Waals surface area contributed by atoms with Crippen molar-refractivity contribution in [1.29, 1.82) is 0 Å². The van der Waals surface area contributed by atoms with E-state index in [1.807, 2.05) is 0 Å². The van der Waals surface area contributed by atoms with Gasteiger partial charge in [-0.05, 0) is 31.2 Å². The highest BCUT2D eigenvalue weighted by atomic mass is 35.5. The summed E-state index contributed by atoms with van der Waals surface area (Å²) >= 11 is 5.61. The lowest BCUT2D eigenvalue weighted by atomic mass is 10.2. The Labute approximate surface area is 119 Å². The van der Waals surface area contributed by atoms with Crippen molar-refractivity contribution in [3.05, 3.63) is 58.6 Å². The van der Waals surface area contributed by atoms with Crippen molar-refractivity contribution >= 4 is 29.0 Å². The van der Waals surface area contributed by atoms with E-state index in [0.717, 1.165) is 0 Å². The number of hydrogen-bond donors (Lipinski definition) is 2. The SMILES string of the molecule is Cc1c(F)cccc1NC(=O)Nc1cccc(Cl)c1F. The fraction of sp³-hybridized carbons (Fsp3) is 0.0714. The largest absolute Gasteiger partial charge is 0.323 e. The fourth-order valence-corrected chi connectivity index (χ4v) is 1.79. The van der Waals surface area contributed by atoms with Crippen LogP contribution < -0.4 is 10.6 Å². The number of rotatable bonds is 2. The van der Waals surface area contributed by atoms with Gasteiger partial charge in [0.2, 0.25) is 0 Å². The highest BCUT2D eigenvalue weighted by Gasteiger charge is 2.11. The molecule has 2 N–H and O–H groups in total. The molecule has 0 fully saturated rings. The minimum Gasteiger partial charge on any atom is -0.307 e. The Balaban J connectivity index is 2.13. The molecule has 0 bridgehead atoms. The van der Waals surface area contributed by atoms with Gasteiger partial charge in [-0.1, -0.05) is 23.7 Å². The van der Waals surface area contributed by atoms with E-state index in [9.17, 15) is 13.6 Å². The molecule has 0 aliphatic rings. The summed E-state index contributed by atoms with van der Waals surface area (Å²) in [7, 11) is 0. The van der Waals surface area contributed by atoms with Crippen molar-refractivity contribution in [3.63, 3.8) is 0 Å². The molecule has 2 aromatic carbocycles. The lowest BCUT2D eigenvalue weighted by Crippen LogP contribution is -2.20. The molecule has 104 valence electrons. The Morgan fingerprint density at radius 3 is 2.40 bits per heavy atom. The maximum absolute atomic E-state index is 13.6. The van der Waals surface area contributed by atoms with E-state index in [0.29, 0.717) is 11.3 Å². The zero-order valence-electron chi connectivity index (χ0n) is 10.5. The predicted octanol–water partition coefficient (Wildman–Crippen LogP) is 4.57. The highest BCUT2D eigenvalue weighted by molar-refractivity contribution is 6.31. The zero-order chi connectivity index (χ0) is 14.7. The van der Waals surface area contributed by atoms with Crippen molar-refractivity contribution in [1.82, 2.24) is 0 Å². The molecule has 0 spiro atoms. The summed E-state index contributed by atoms with van der Waals surface area (Å²) < 4.78 is 26.9. The summed E-state index contributed by atoms with van der Waals surface area (Å²) in [6, 6.07) is 7.88. The molecule has 0 aliphatic heterocycles. The van der Waals surface area contributed by atoms with Gasteiger partial charge in [-0.2, -0.15) is 0 Å². The van der Waals surface area contributed by atoms with Gasteiger partial charge in [-0.15, -0.1) is 0 Å². The van der Waals surface area contributed by atoms with Crippen LogP contribution in [0.5, 0.6) is 0 Å². The number of urea groups is 1. The first kappa shape index (κ1) is 14.3. The molecule has 0 radical (unpaired) electrons. The van der Waals surface area contributed by atoms with Crippen LogP contribution in [0.2, 0.25) is 5.02 Å². The molecule has 3 nitrogen and oxygen atoms in total. The van der Waals surface area contributed by atoms with Crippen LogP contribution in [0.25, 0.3) is 0 Å². The van der Waals surface area contributed by atoms with Crippen LogP contribution in [0.1, 0.15) is 5.56 Å². The summed E-state index contributed by atoms with van der Waals surface area (Å²) in [5.41, 5.74) is 0.559. The van der Waals surface area contributed by atoms with Crippen molar-refractivity contribution in [2.24, 2.45) is 0 Å². The van der Waals surface area contributed by atoms with Gasteiger partial charge in [0.15, 0.2) is 5.82 Å². The van der Waals surface area contributed by atoms with Crippen LogP contribution in [-0.4, -0.2) is 6.03 Å². The Kier molecular flexibility index (Phi) is 4.20. The molecule has 0 saturated carbocycles. The molecule has 20 heavy (non-hydrogen) atoms. The van der Waals surface area contributed by atoms with Crippen LogP contribution in [-0.2, 0) is 0 Å². The lowest BCUT2D eigenvalue weighted by molar-refractivity contribution is 0.262. The quantitative estimate of drug-likeness (QED) is 0.837. The lowest BCUT2D eigenvalue weighted by Gasteiger charge is -2.11. The van der Waals surface area contributed by atoms with Crippen LogP contribution in [0, 0.1) is 18.6 Å². The molecule has 0 heterocycles. The number of amides is 2. The monoisotopic (exact) mass is 296 g/mol. The minimum atomic E-state index is -0.722. The second-order valence-corrected chi connectivity index (χ2v) is 4.50. The molecule has 2 amide bonds. The number of halogens is 3. The van der Waals surface area contributed by atoms with Gasteiger partial charge in [0.1, 0.15) is 5.82 Å². The Bertz CT molecular complexity index is 606. The number of carbonyl (C=O) groups excluding carboxylic acids is 1. The molecular formula is C14H11ClF2N2O. The topological polar surface area (TPSA) is 41.1 Å². The zero-order valence-corrected chi connectivity index (χ0v) is 11.3. The second-order valence-electron chi connectivity index (χ2n) is 4.09. The number of hydrogen-bond acceptors (Lipinski definition) is 1. The van der Waals surface area contributed by atoms with Crippen LogP contribution in [0.15, 0.2) is 36.4 Å². The van der Waals surface area contributed by atoms with Crippen molar-refractivity contribution in [3.8, 4) is 0 Å². The summed E-state index contributed by atoms with van der Waals surface area (Å²) in [5.74, 6) is -1.16. The minimum absolute atomic E-state index is 0.0518. The standard InChI is InChI=1S/C14H11ClF2N2O/c1-8-10(16)5-3-6-11(8)18-14(20)19-12-7-2-4-9(15)13(12)17/h2-7H,1H3,(H2,18,19,20). The van der Waals surface area contributed by atoms with Gasteiger partial charge >= 0.3 is 6.03 Å². The first-order valence-electron chi connectivity index (χ1n) is 5.76. The highest BCUT2D eigenvalue weighted by Crippen LogP contribution is 2.22. The summed E-state index contributed by atoms with van der Waals surface area (Å²) in [6.45, 7) is 1.53. The Hall–Kier alpha value is -2.14. The van der Waals surface area contributed by atoms with Gasteiger partial charge in [-0.25, -0.2) is 13.6 Å². The van der Waals surface area contributed by atoms with Crippen molar-refractivity contribution in [2.45, 2.75) is 6.92 Å². The fourth-order valence-electron chi connectivity index (χ4n) is 1.62. The molecule has 0 aromatic heterocycles. The van der Waals surface area contributed by atoms with Gasteiger partial charge in [-0.3, -0.25) is 0 Å². The summed E-state index contributed by atoms with van der Waals surface area (Å²) in [6.07, 6.45) is 0. The second kappa shape index (κ2) is 5.88. The summed E-state index contributed by atoms with van der Waals surface area (Å²) in [5, 5.41) is 4.67. The average molecular weight is 297 g/mol. The molecular weight excluding hydrogens is 286 g/mol. The third kappa shape index (κ3) is 3.05. The Morgan fingerprint density at radius 1 is 1.05 bits per heavy atom. The van der Waals surface area contributed by atoms with Gasteiger partial charge in [0, 0.05) is 11.3 Å². The molecule has 0 aliphatic carbocycles. The maximum Gasteiger partial charge on any atom is 0.323 e. The number of anilines is 2.